The van der Waals surface area contributed by atoms with Crippen LogP contribution in [0.2, 0.25) is 0 Å². The molecule has 0 radical (unpaired) electrons. The van der Waals surface area contributed by atoms with E-state index in [1.54, 1.807) is 0 Å². The summed E-state index contributed by atoms with van der Waals surface area (Å²) in [6.07, 6.45) is 0.557. The highest BCUT2D eigenvalue weighted by Crippen LogP contribution is 2.28. The van der Waals surface area contributed by atoms with Crippen LogP contribution in [0, 0.1) is 12.3 Å². The molecular weight excluding hydrogens is 304 g/mol. The van der Waals surface area contributed by atoms with Gasteiger partial charge < -0.3 is 10.2 Å². The van der Waals surface area contributed by atoms with E-state index in [0.29, 0.717) is 6.42 Å². The monoisotopic (exact) mass is 324 g/mol. The predicted octanol–water partition coefficient (Wildman–Crippen LogP) is 3.11. The summed E-state index contributed by atoms with van der Waals surface area (Å²) in [5.74, 6) is 0.191. The molecule has 1 fully saturated rings. The lowest BCUT2D eigenvalue weighted by molar-refractivity contribution is -0.119. The van der Waals surface area contributed by atoms with Crippen LogP contribution in [0.25, 0.3) is 0 Å². The van der Waals surface area contributed by atoms with Crippen molar-refractivity contribution in [2.75, 3.05) is 24.5 Å². The standard InChI is InChI=1S/C15H21BrN2O/c1-11-4-5-12(8-13(11)16)18-10-15(2,3)9-17-7-6-14(18)19/h4-5,8,17H,6-7,9-10H2,1-3H3. The van der Waals surface area contributed by atoms with Crippen molar-refractivity contribution in [3.8, 4) is 0 Å². The molecule has 19 heavy (non-hydrogen) atoms. The second-order valence-corrected chi connectivity index (χ2v) is 6.86. The number of halogens is 1. The smallest absolute Gasteiger partial charge is 0.228 e. The average molecular weight is 325 g/mol. The first kappa shape index (κ1) is 14.5. The second kappa shape index (κ2) is 5.63. The van der Waals surface area contributed by atoms with Crippen molar-refractivity contribution in [2.45, 2.75) is 27.2 Å². The molecule has 0 unspecified atom stereocenters. The van der Waals surface area contributed by atoms with Gasteiger partial charge in [0.15, 0.2) is 0 Å². The average Bonchev–Trinajstić information content (AvgIpc) is 2.34. The Morgan fingerprint density at radius 1 is 1.37 bits per heavy atom. The fourth-order valence-corrected chi connectivity index (χ4v) is 2.68. The topological polar surface area (TPSA) is 32.3 Å². The van der Waals surface area contributed by atoms with Gasteiger partial charge >= 0.3 is 0 Å². The third-order valence-corrected chi connectivity index (χ3v) is 4.33. The van der Waals surface area contributed by atoms with E-state index in [1.165, 1.54) is 5.56 Å². The molecule has 1 aliphatic heterocycles. The molecule has 3 nitrogen and oxygen atoms in total. The molecule has 2 rings (SSSR count). The van der Waals surface area contributed by atoms with Gasteiger partial charge in [-0.25, -0.2) is 0 Å². The first-order valence-electron chi connectivity index (χ1n) is 6.66. The van der Waals surface area contributed by atoms with Gasteiger partial charge in [0, 0.05) is 36.2 Å². The first-order valence-corrected chi connectivity index (χ1v) is 7.46. The molecule has 1 saturated heterocycles. The third-order valence-electron chi connectivity index (χ3n) is 3.47. The van der Waals surface area contributed by atoms with E-state index in [9.17, 15) is 4.79 Å². The number of aryl methyl sites for hydroxylation is 1. The lowest BCUT2D eigenvalue weighted by atomic mass is 9.91. The Balaban J connectivity index is 2.32. The zero-order valence-corrected chi connectivity index (χ0v) is 13.4. The molecule has 0 aliphatic carbocycles. The molecule has 1 heterocycles. The second-order valence-electron chi connectivity index (χ2n) is 6.00. The van der Waals surface area contributed by atoms with Gasteiger partial charge in [0.1, 0.15) is 0 Å². The summed E-state index contributed by atoms with van der Waals surface area (Å²) in [6.45, 7) is 8.87. The zero-order valence-electron chi connectivity index (χ0n) is 11.8. The number of amides is 1. The van der Waals surface area contributed by atoms with Crippen LogP contribution in [0.5, 0.6) is 0 Å². The van der Waals surface area contributed by atoms with Crippen molar-refractivity contribution in [3.05, 3.63) is 28.2 Å². The van der Waals surface area contributed by atoms with Crippen LogP contribution >= 0.6 is 15.9 Å². The van der Waals surface area contributed by atoms with Gasteiger partial charge in [-0.15, -0.1) is 0 Å². The maximum absolute atomic E-state index is 12.3. The summed E-state index contributed by atoms with van der Waals surface area (Å²) in [5.41, 5.74) is 2.24. The summed E-state index contributed by atoms with van der Waals surface area (Å²) in [5, 5.41) is 3.34. The number of carbonyl (C=O) groups is 1. The van der Waals surface area contributed by atoms with Crippen LogP contribution < -0.4 is 10.2 Å². The molecule has 4 heteroatoms. The summed E-state index contributed by atoms with van der Waals surface area (Å²) in [6, 6.07) is 6.12. The molecule has 0 aromatic heterocycles. The van der Waals surface area contributed by atoms with Crippen molar-refractivity contribution in [3.63, 3.8) is 0 Å². The lowest BCUT2D eigenvalue weighted by Gasteiger charge is -2.35. The van der Waals surface area contributed by atoms with Crippen molar-refractivity contribution >= 4 is 27.5 Å². The van der Waals surface area contributed by atoms with Crippen molar-refractivity contribution in [1.29, 1.82) is 0 Å². The van der Waals surface area contributed by atoms with Crippen molar-refractivity contribution in [1.82, 2.24) is 5.32 Å². The molecule has 1 aromatic rings. The highest BCUT2D eigenvalue weighted by Gasteiger charge is 2.28. The van der Waals surface area contributed by atoms with Crippen LogP contribution in [0.4, 0.5) is 5.69 Å². The summed E-state index contributed by atoms with van der Waals surface area (Å²) < 4.78 is 1.05. The van der Waals surface area contributed by atoms with Gasteiger partial charge in [0.2, 0.25) is 5.91 Å². The first-order chi connectivity index (χ1) is 8.89. The van der Waals surface area contributed by atoms with E-state index >= 15 is 0 Å². The van der Waals surface area contributed by atoms with Crippen molar-refractivity contribution < 1.29 is 4.79 Å². The number of carbonyl (C=O) groups excluding carboxylic acids is 1. The van der Waals surface area contributed by atoms with Gasteiger partial charge in [0.25, 0.3) is 0 Å². The normalized spacial score (nSPS) is 20.0. The van der Waals surface area contributed by atoms with Crippen molar-refractivity contribution in [2.24, 2.45) is 5.41 Å². The van der Waals surface area contributed by atoms with Gasteiger partial charge in [-0.3, -0.25) is 4.79 Å². The number of nitrogens with zero attached hydrogens (tertiary/aromatic N) is 1. The fourth-order valence-electron chi connectivity index (χ4n) is 2.31. The van der Waals surface area contributed by atoms with E-state index < -0.39 is 0 Å². The highest BCUT2D eigenvalue weighted by atomic mass is 79.9. The van der Waals surface area contributed by atoms with E-state index in [-0.39, 0.29) is 11.3 Å². The minimum atomic E-state index is 0.0768. The van der Waals surface area contributed by atoms with Gasteiger partial charge in [0.05, 0.1) is 0 Å². The Labute approximate surface area is 123 Å². The minimum Gasteiger partial charge on any atom is -0.316 e. The lowest BCUT2D eigenvalue weighted by Crippen LogP contribution is -2.47. The minimum absolute atomic E-state index is 0.0768. The number of hydrogen-bond acceptors (Lipinski definition) is 2. The molecule has 0 bridgehead atoms. The number of nitrogens with one attached hydrogen (secondary N) is 1. The molecular formula is C15H21BrN2O. The number of benzene rings is 1. The van der Waals surface area contributed by atoms with E-state index in [4.69, 9.17) is 0 Å². The molecule has 1 aliphatic rings. The van der Waals surface area contributed by atoms with Crippen LogP contribution in [0.15, 0.2) is 22.7 Å². The van der Waals surface area contributed by atoms with Crippen LogP contribution in [-0.2, 0) is 4.79 Å². The summed E-state index contributed by atoms with van der Waals surface area (Å²) >= 11 is 3.55. The van der Waals surface area contributed by atoms with Crippen LogP contribution in [0.3, 0.4) is 0 Å². The summed E-state index contributed by atoms with van der Waals surface area (Å²) in [7, 11) is 0. The Kier molecular flexibility index (Phi) is 4.31. The number of rotatable bonds is 1. The molecule has 0 atom stereocenters. The Morgan fingerprint density at radius 2 is 2.11 bits per heavy atom. The van der Waals surface area contributed by atoms with Gasteiger partial charge in [-0.05, 0) is 30.0 Å². The van der Waals surface area contributed by atoms with Gasteiger partial charge in [-0.2, -0.15) is 0 Å². The van der Waals surface area contributed by atoms with Crippen LogP contribution in [-0.4, -0.2) is 25.5 Å². The molecule has 1 aromatic carbocycles. The van der Waals surface area contributed by atoms with Gasteiger partial charge in [-0.1, -0.05) is 35.8 Å². The number of anilines is 1. The Bertz CT molecular complexity index is 485. The Morgan fingerprint density at radius 3 is 2.79 bits per heavy atom. The third kappa shape index (κ3) is 3.57. The predicted molar refractivity (Wildman–Crippen MR) is 82.5 cm³/mol. The zero-order chi connectivity index (χ0) is 14.0. The molecule has 104 valence electrons. The molecule has 1 N–H and O–H groups in total. The maximum atomic E-state index is 12.3. The van der Waals surface area contributed by atoms with E-state index in [1.807, 2.05) is 17.0 Å². The summed E-state index contributed by atoms with van der Waals surface area (Å²) in [4.78, 5) is 14.2. The molecule has 0 spiro atoms. The number of hydrogen-bond donors (Lipinski definition) is 1. The molecule has 1 amide bonds. The maximum Gasteiger partial charge on any atom is 0.228 e. The fraction of sp³-hybridized carbons (Fsp3) is 0.533. The SMILES string of the molecule is Cc1ccc(N2CC(C)(C)CNCCC2=O)cc1Br. The highest BCUT2D eigenvalue weighted by molar-refractivity contribution is 9.10. The largest absolute Gasteiger partial charge is 0.316 e. The Hall–Kier alpha value is -0.870. The molecule has 0 saturated carbocycles. The quantitative estimate of drug-likeness (QED) is 0.860. The van der Waals surface area contributed by atoms with E-state index in [0.717, 1.165) is 29.8 Å². The van der Waals surface area contributed by atoms with Crippen LogP contribution in [0.1, 0.15) is 25.8 Å². The van der Waals surface area contributed by atoms with E-state index in [2.05, 4.69) is 48.1 Å².